The van der Waals surface area contributed by atoms with E-state index in [1.54, 1.807) is 29.2 Å². The minimum absolute atomic E-state index is 0.0725. The maximum atomic E-state index is 12.2. The molecule has 1 aliphatic rings. The molecule has 1 aliphatic heterocycles. The molecular formula is C25H30N4O4. The molecule has 174 valence electrons. The van der Waals surface area contributed by atoms with Gasteiger partial charge in [0.05, 0.1) is 6.21 Å². The van der Waals surface area contributed by atoms with Crippen LogP contribution in [0.5, 0.6) is 5.75 Å². The second kappa shape index (κ2) is 13.0. The molecule has 1 saturated heterocycles. The van der Waals surface area contributed by atoms with E-state index >= 15 is 0 Å². The molecule has 0 saturated carbocycles. The Hall–Kier alpha value is -3.68. The number of carbonyl (C=O) groups is 3. The number of likely N-dealkylation sites (tertiary alicyclic amines) is 1. The Morgan fingerprint density at radius 2 is 1.64 bits per heavy atom. The molecule has 33 heavy (non-hydrogen) atoms. The van der Waals surface area contributed by atoms with Gasteiger partial charge in [0.15, 0.2) is 6.61 Å². The molecule has 0 bridgehead atoms. The van der Waals surface area contributed by atoms with Gasteiger partial charge in [-0.15, -0.1) is 0 Å². The second-order valence-electron chi connectivity index (χ2n) is 7.85. The van der Waals surface area contributed by atoms with Gasteiger partial charge in [-0.05, 0) is 54.7 Å². The number of benzene rings is 2. The van der Waals surface area contributed by atoms with Crippen molar-refractivity contribution in [2.75, 3.05) is 26.2 Å². The molecule has 3 rings (SSSR count). The topological polar surface area (TPSA) is 100 Å². The molecule has 2 aromatic carbocycles. The standard InChI is InChI=1S/C25H30N4O4/c30-23(26-15-14-20-8-4-3-5-9-20)19-33-22-12-10-21(11-13-22)18-27-28-24(31)25(32)29-16-6-1-2-7-17-29/h3-5,8-13,18H,1-2,6-7,14-17,19H2,(H,26,30)(H,28,31)/b27-18-. The lowest BCUT2D eigenvalue weighted by Crippen LogP contribution is -2.41. The lowest BCUT2D eigenvalue weighted by atomic mass is 10.1. The number of nitrogens with one attached hydrogen (secondary N) is 2. The molecular weight excluding hydrogens is 420 g/mol. The Bertz CT molecular complexity index is 937. The summed E-state index contributed by atoms with van der Waals surface area (Å²) in [6, 6.07) is 16.9. The fraction of sp³-hybridized carbons (Fsp3) is 0.360. The Labute approximate surface area is 194 Å². The van der Waals surface area contributed by atoms with E-state index in [1.165, 1.54) is 11.8 Å². The summed E-state index contributed by atoms with van der Waals surface area (Å²) >= 11 is 0. The van der Waals surface area contributed by atoms with Crippen LogP contribution in [0, 0.1) is 0 Å². The van der Waals surface area contributed by atoms with Crippen molar-refractivity contribution in [2.24, 2.45) is 5.10 Å². The monoisotopic (exact) mass is 450 g/mol. The average molecular weight is 451 g/mol. The summed E-state index contributed by atoms with van der Waals surface area (Å²) in [5.74, 6) is -0.912. The molecule has 3 amide bonds. The van der Waals surface area contributed by atoms with Gasteiger partial charge in [-0.25, -0.2) is 5.43 Å². The van der Waals surface area contributed by atoms with Crippen LogP contribution in [0.2, 0.25) is 0 Å². The number of amides is 3. The van der Waals surface area contributed by atoms with Gasteiger partial charge < -0.3 is 15.0 Å². The number of ether oxygens (including phenoxy) is 1. The van der Waals surface area contributed by atoms with Crippen molar-refractivity contribution in [3.63, 3.8) is 0 Å². The second-order valence-corrected chi connectivity index (χ2v) is 7.85. The predicted molar refractivity (Wildman–Crippen MR) is 126 cm³/mol. The minimum Gasteiger partial charge on any atom is -0.484 e. The van der Waals surface area contributed by atoms with Crippen molar-refractivity contribution < 1.29 is 19.1 Å². The third kappa shape index (κ3) is 8.40. The molecule has 0 aliphatic carbocycles. The summed E-state index contributed by atoms with van der Waals surface area (Å²) in [4.78, 5) is 37.7. The van der Waals surface area contributed by atoms with E-state index < -0.39 is 11.8 Å². The third-order valence-electron chi connectivity index (χ3n) is 5.30. The molecule has 8 heteroatoms. The van der Waals surface area contributed by atoms with E-state index in [4.69, 9.17) is 4.74 Å². The minimum atomic E-state index is -0.730. The summed E-state index contributed by atoms with van der Waals surface area (Å²) in [5, 5.41) is 6.70. The Balaban J connectivity index is 1.36. The van der Waals surface area contributed by atoms with Gasteiger partial charge in [-0.2, -0.15) is 5.10 Å². The molecule has 2 N–H and O–H groups in total. The SMILES string of the molecule is O=C(COc1ccc(/C=N\NC(=O)C(=O)N2CCCCCC2)cc1)NCCc1ccccc1. The Morgan fingerprint density at radius 3 is 2.33 bits per heavy atom. The van der Waals surface area contributed by atoms with Gasteiger partial charge in [0, 0.05) is 19.6 Å². The summed E-state index contributed by atoms with van der Waals surface area (Å²) in [5.41, 5.74) is 4.17. The predicted octanol–water partition coefficient (Wildman–Crippen LogP) is 2.28. The van der Waals surface area contributed by atoms with Crippen LogP contribution in [0.25, 0.3) is 0 Å². The van der Waals surface area contributed by atoms with Crippen LogP contribution < -0.4 is 15.5 Å². The van der Waals surface area contributed by atoms with Gasteiger partial charge in [0.25, 0.3) is 5.91 Å². The van der Waals surface area contributed by atoms with E-state index in [0.717, 1.165) is 37.7 Å². The molecule has 8 nitrogen and oxygen atoms in total. The molecule has 0 atom stereocenters. The summed E-state index contributed by atoms with van der Waals surface area (Å²) < 4.78 is 5.50. The van der Waals surface area contributed by atoms with Gasteiger partial charge in [0.2, 0.25) is 0 Å². The number of hydrazone groups is 1. The van der Waals surface area contributed by atoms with Crippen LogP contribution in [0.3, 0.4) is 0 Å². The van der Waals surface area contributed by atoms with Crippen molar-refractivity contribution in [1.82, 2.24) is 15.6 Å². The van der Waals surface area contributed by atoms with E-state index in [0.29, 0.717) is 25.4 Å². The zero-order valence-electron chi connectivity index (χ0n) is 18.7. The third-order valence-corrected chi connectivity index (χ3v) is 5.30. The number of nitrogens with zero attached hydrogens (tertiary/aromatic N) is 2. The first kappa shape index (κ1) is 24.0. The summed E-state index contributed by atoms with van der Waals surface area (Å²) in [6.45, 7) is 1.70. The van der Waals surface area contributed by atoms with Gasteiger partial charge >= 0.3 is 11.8 Å². The van der Waals surface area contributed by atoms with Gasteiger partial charge in [0.1, 0.15) is 5.75 Å². The molecule has 0 spiro atoms. The summed E-state index contributed by atoms with van der Waals surface area (Å²) in [6.07, 6.45) is 6.23. The van der Waals surface area contributed by atoms with Crippen LogP contribution in [0.1, 0.15) is 36.8 Å². The molecule has 2 aromatic rings. The Kier molecular flexibility index (Phi) is 9.45. The normalized spacial score (nSPS) is 13.9. The zero-order chi connectivity index (χ0) is 23.3. The Morgan fingerprint density at radius 1 is 0.939 bits per heavy atom. The number of hydrogen-bond acceptors (Lipinski definition) is 5. The number of rotatable bonds is 8. The largest absolute Gasteiger partial charge is 0.484 e. The van der Waals surface area contributed by atoms with E-state index in [1.807, 2.05) is 30.3 Å². The van der Waals surface area contributed by atoms with E-state index in [2.05, 4.69) is 15.8 Å². The van der Waals surface area contributed by atoms with Crippen LogP contribution in [-0.4, -0.2) is 55.1 Å². The van der Waals surface area contributed by atoms with Crippen molar-refractivity contribution in [3.05, 3.63) is 65.7 Å². The quantitative estimate of drug-likeness (QED) is 0.366. The first-order chi connectivity index (χ1) is 16.1. The lowest BCUT2D eigenvalue weighted by Gasteiger charge is -2.18. The van der Waals surface area contributed by atoms with Crippen molar-refractivity contribution in [3.8, 4) is 5.75 Å². The maximum Gasteiger partial charge on any atom is 0.329 e. The molecule has 1 fully saturated rings. The summed E-state index contributed by atoms with van der Waals surface area (Å²) in [7, 11) is 0. The maximum absolute atomic E-state index is 12.2. The van der Waals surface area contributed by atoms with Gasteiger partial charge in [-0.1, -0.05) is 43.2 Å². The number of hydrogen-bond donors (Lipinski definition) is 2. The van der Waals surface area contributed by atoms with Crippen LogP contribution in [0.15, 0.2) is 59.7 Å². The van der Waals surface area contributed by atoms with Crippen molar-refractivity contribution in [1.29, 1.82) is 0 Å². The first-order valence-electron chi connectivity index (χ1n) is 11.3. The fourth-order valence-electron chi connectivity index (χ4n) is 3.47. The van der Waals surface area contributed by atoms with Crippen molar-refractivity contribution >= 4 is 23.9 Å². The highest BCUT2D eigenvalue weighted by Gasteiger charge is 2.22. The first-order valence-corrected chi connectivity index (χ1v) is 11.3. The van der Waals surface area contributed by atoms with Crippen LogP contribution >= 0.6 is 0 Å². The molecule has 1 heterocycles. The van der Waals surface area contributed by atoms with Crippen LogP contribution in [0.4, 0.5) is 0 Å². The fourth-order valence-corrected chi connectivity index (χ4v) is 3.47. The van der Waals surface area contributed by atoms with Gasteiger partial charge in [-0.3, -0.25) is 14.4 Å². The molecule has 0 aromatic heterocycles. The zero-order valence-corrected chi connectivity index (χ0v) is 18.7. The van der Waals surface area contributed by atoms with Crippen molar-refractivity contribution in [2.45, 2.75) is 32.1 Å². The highest BCUT2D eigenvalue weighted by Crippen LogP contribution is 2.11. The molecule has 0 unspecified atom stereocenters. The smallest absolute Gasteiger partial charge is 0.329 e. The van der Waals surface area contributed by atoms with E-state index in [9.17, 15) is 14.4 Å². The van der Waals surface area contributed by atoms with E-state index in [-0.39, 0.29) is 12.5 Å². The highest BCUT2D eigenvalue weighted by atomic mass is 16.5. The lowest BCUT2D eigenvalue weighted by molar-refractivity contribution is -0.145. The van der Waals surface area contributed by atoms with Crippen LogP contribution in [-0.2, 0) is 20.8 Å². The molecule has 0 radical (unpaired) electrons. The highest BCUT2D eigenvalue weighted by molar-refractivity contribution is 6.35. The number of carbonyl (C=O) groups excluding carboxylic acids is 3. The average Bonchev–Trinajstić information content (AvgIpc) is 3.13.